The first kappa shape index (κ1) is 20.6. The number of nitrogens with zero attached hydrogens (tertiary/aromatic N) is 2. The summed E-state index contributed by atoms with van der Waals surface area (Å²) in [5.74, 6) is 0. The molecule has 0 N–H and O–H groups in total. The predicted octanol–water partition coefficient (Wildman–Crippen LogP) is 7.33. The molecule has 0 atom stereocenters. The molecule has 3 aromatic carbocycles. The first-order valence-corrected chi connectivity index (χ1v) is 10.1. The normalized spacial score (nSPS) is 12.9. The third-order valence-electron chi connectivity index (χ3n) is 6.14. The lowest BCUT2D eigenvalue weighted by atomic mass is 9.86. The van der Waals surface area contributed by atoms with Gasteiger partial charge >= 0.3 is 0 Å². The van der Waals surface area contributed by atoms with Crippen LogP contribution in [0.15, 0.2) is 73.1 Å². The number of hydrogen-bond donors (Lipinski definition) is 0. The molecule has 0 amide bonds. The molecule has 4 heteroatoms. The molecule has 1 aliphatic carbocycles. The van der Waals surface area contributed by atoms with E-state index in [1.807, 2.05) is 18.5 Å². The van der Waals surface area contributed by atoms with Crippen molar-refractivity contribution in [1.82, 2.24) is 9.97 Å². The highest BCUT2D eigenvalue weighted by Crippen LogP contribution is 2.34. The van der Waals surface area contributed by atoms with Crippen molar-refractivity contribution in [3.8, 4) is 11.3 Å². The van der Waals surface area contributed by atoms with Gasteiger partial charge in [0.15, 0.2) is 0 Å². The monoisotopic (exact) mass is 432 g/mol. The van der Waals surface area contributed by atoms with Gasteiger partial charge in [-0.2, -0.15) is 0 Å². The van der Waals surface area contributed by atoms with Gasteiger partial charge < -0.3 is 0 Å². The van der Waals surface area contributed by atoms with E-state index in [0.717, 1.165) is 22.2 Å². The molecule has 150 valence electrons. The topological polar surface area (TPSA) is 25.8 Å². The second-order valence-corrected chi connectivity index (χ2v) is 7.77. The molecule has 2 aromatic heterocycles. The van der Waals surface area contributed by atoms with Crippen molar-refractivity contribution >= 4 is 57.3 Å². The van der Waals surface area contributed by atoms with Crippen molar-refractivity contribution in [1.29, 1.82) is 0 Å². The molecule has 0 saturated carbocycles. The van der Waals surface area contributed by atoms with Crippen LogP contribution in [0.5, 0.6) is 0 Å². The van der Waals surface area contributed by atoms with Crippen molar-refractivity contribution in [2.24, 2.45) is 0 Å². The lowest BCUT2D eigenvalue weighted by Gasteiger charge is -2.19. The summed E-state index contributed by atoms with van der Waals surface area (Å²) in [6.07, 6.45) is 8.71. The van der Waals surface area contributed by atoms with E-state index in [-0.39, 0.29) is 24.8 Å². The molecule has 2 nitrogen and oxygen atoms in total. The van der Waals surface area contributed by atoms with Gasteiger partial charge in [0, 0.05) is 17.1 Å². The van der Waals surface area contributed by atoms with Crippen LogP contribution in [0.3, 0.4) is 0 Å². The van der Waals surface area contributed by atoms with E-state index in [9.17, 15) is 0 Å². The number of fused-ring (bicyclic) bond motifs is 6. The molecule has 0 unspecified atom stereocenters. The number of benzene rings is 3. The van der Waals surface area contributed by atoms with Crippen molar-refractivity contribution in [2.75, 3.05) is 0 Å². The number of halogens is 2. The molecule has 0 aliphatic heterocycles. The maximum atomic E-state index is 4.81. The Morgan fingerprint density at radius 3 is 2.40 bits per heavy atom. The summed E-state index contributed by atoms with van der Waals surface area (Å²) in [5, 5.41) is 6.54. The number of hydrogen-bond acceptors (Lipinski definition) is 2. The fraction of sp³-hybridized carbons (Fsp3) is 0.154. The van der Waals surface area contributed by atoms with Gasteiger partial charge in [-0.15, -0.1) is 24.8 Å². The van der Waals surface area contributed by atoms with E-state index >= 15 is 0 Å². The fourth-order valence-corrected chi connectivity index (χ4v) is 4.69. The predicted molar refractivity (Wildman–Crippen MR) is 131 cm³/mol. The number of aromatic nitrogens is 2. The van der Waals surface area contributed by atoms with E-state index in [0.29, 0.717) is 0 Å². The molecular weight excluding hydrogens is 411 g/mol. The van der Waals surface area contributed by atoms with Crippen LogP contribution in [0.4, 0.5) is 0 Å². The van der Waals surface area contributed by atoms with E-state index in [1.165, 1.54) is 47.2 Å². The van der Waals surface area contributed by atoms with Crippen molar-refractivity contribution in [2.45, 2.75) is 25.7 Å². The van der Waals surface area contributed by atoms with Gasteiger partial charge in [-0.25, -0.2) is 4.98 Å². The molecule has 2 heterocycles. The Balaban J connectivity index is 0.00000109. The first-order chi connectivity index (χ1) is 13.9. The van der Waals surface area contributed by atoms with Crippen LogP contribution in [0.25, 0.3) is 43.7 Å². The van der Waals surface area contributed by atoms with Crippen LogP contribution in [-0.4, -0.2) is 9.97 Å². The molecule has 0 radical (unpaired) electrons. The molecule has 6 rings (SSSR count). The summed E-state index contributed by atoms with van der Waals surface area (Å²) < 4.78 is 0. The lowest BCUT2D eigenvalue weighted by Crippen LogP contribution is -2.03. The molecule has 0 spiro atoms. The maximum Gasteiger partial charge on any atom is 0.0892 e. The molecule has 0 bridgehead atoms. The summed E-state index contributed by atoms with van der Waals surface area (Å²) >= 11 is 0. The standard InChI is InChI=1S/C26H20N2.2ClH/c1-2-4-21-17(3-1)5-10-24-22-9-7-20(15-19(22)6-11-23(21)24)25-12-8-18-13-14-27-16-26(18)28-25;;/h5-16H,1-4H2;2*1H. The smallest absolute Gasteiger partial charge is 0.0892 e. The Labute approximate surface area is 188 Å². The van der Waals surface area contributed by atoms with Gasteiger partial charge in [-0.1, -0.05) is 42.5 Å². The van der Waals surface area contributed by atoms with Crippen molar-refractivity contribution in [3.05, 3.63) is 84.2 Å². The number of aryl methyl sites for hydroxylation is 2. The average Bonchev–Trinajstić information content (AvgIpc) is 2.78. The Bertz CT molecular complexity index is 1380. The summed E-state index contributed by atoms with van der Waals surface area (Å²) in [5.41, 5.74) is 6.19. The zero-order valence-electron chi connectivity index (χ0n) is 16.5. The molecule has 0 saturated heterocycles. The minimum Gasteiger partial charge on any atom is -0.262 e. The Morgan fingerprint density at radius 2 is 1.47 bits per heavy atom. The van der Waals surface area contributed by atoms with Crippen molar-refractivity contribution < 1.29 is 0 Å². The second-order valence-electron chi connectivity index (χ2n) is 7.77. The Hall–Kier alpha value is -2.68. The van der Waals surface area contributed by atoms with E-state index in [4.69, 9.17) is 4.98 Å². The van der Waals surface area contributed by atoms with Gasteiger partial charge in [0.05, 0.1) is 17.4 Å². The summed E-state index contributed by atoms with van der Waals surface area (Å²) in [7, 11) is 0. The van der Waals surface area contributed by atoms with Crippen LogP contribution in [0.1, 0.15) is 24.0 Å². The second kappa shape index (κ2) is 8.22. The number of rotatable bonds is 1. The van der Waals surface area contributed by atoms with E-state index in [2.05, 4.69) is 59.6 Å². The van der Waals surface area contributed by atoms with E-state index < -0.39 is 0 Å². The van der Waals surface area contributed by atoms with Crippen LogP contribution in [-0.2, 0) is 12.8 Å². The summed E-state index contributed by atoms with van der Waals surface area (Å²) in [6.45, 7) is 0. The summed E-state index contributed by atoms with van der Waals surface area (Å²) in [6, 6.07) is 22.2. The summed E-state index contributed by atoms with van der Waals surface area (Å²) in [4.78, 5) is 9.01. The maximum absolute atomic E-state index is 4.81. The van der Waals surface area contributed by atoms with Crippen LogP contribution in [0.2, 0.25) is 0 Å². The van der Waals surface area contributed by atoms with Crippen LogP contribution in [0, 0.1) is 0 Å². The minimum absolute atomic E-state index is 0. The van der Waals surface area contributed by atoms with Crippen LogP contribution < -0.4 is 0 Å². The zero-order valence-corrected chi connectivity index (χ0v) is 18.1. The Kier molecular flexibility index (Phi) is 5.64. The average molecular weight is 433 g/mol. The number of pyridine rings is 2. The molecule has 0 fully saturated rings. The minimum atomic E-state index is 0. The van der Waals surface area contributed by atoms with E-state index in [1.54, 1.807) is 11.1 Å². The van der Waals surface area contributed by atoms with Gasteiger partial charge in [-0.3, -0.25) is 4.98 Å². The molecular formula is C26H22Cl2N2. The highest BCUT2D eigenvalue weighted by molar-refractivity contribution is 6.09. The third kappa shape index (κ3) is 3.30. The largest absolute Gasteiger partial charge is 0.262 e. The van der Waals surface area contributed by atoms with Gasteiger partial charge in [0.25, 0.3) is 0 Å². The highest BCUT2D eigenvalue weighted by Gasteiger charge is 2.14. The quantitative estimate of drug-likeness (QED) is 0.259. The van der Waals surface area contributed by atoms with Gasteiger partial charge in [0.2, 0.25) is 0 Å². The van der Waals surface area contributed by atoms with Gasteiger partial charge in [0.1, 0.15) is 0 Å². The van der Waals surface area contributed by atoms with Crippen LogP contribution >= 0.6 is 24.8 Å². The molecule has 1 aliphatic rings. The third-order valence-corrected chi connectivity index (χ3v) is 6.14. The molecule has 5 aromatic rings. The first-order valence-electron chi connectivity index (χ1n) is 10.1. The van der Waals surface area contributed by atoms with Gasteiger partial charge in [-0.05, 0) is 76.6 Å². The fourth-order valence-electron chi connectivity index (χ4n) is 4.69. The SMILES string of the molecule is Cl.Cl.c1cc2ccc(-c3ccc4c(ccc5c6c(ccc54)CCCC6)c3)nc2cn1. The highest BCUT2D eigenvalue weighted by atomic mass is 35.5. The lowest BCUT2D eigenvalue weighted by molar-refractivity contribution is 0.690. The Morgan fingerprint density at radius 1 is 0.667 bits per heavy atom. The zero-order chi connectivity index (χ0) is 18.5. The van der Waals surface area contributed by atoms with Crippen molar-refractivity contribution in [3.63, 3.8) is 0 Å². The molecule has 30 heavy (non-hydrogen) atoms.